The van der Waals surface area contributed by atoms with Crippen molar-refractivity contribution in [1.29, 1.82) is 0 Å². The molecule has 0 radical (unpaired) electrons. The number of hydrogen-bond donors (Lipinski definition) is 2. The first-order valence-corrected chi connectivity index (χ1v) is 11.8. The molecule has 7 nitrogen and oxygen atoms in total. The monoisotopic (exact) mass is 570 g/mol. The average molecular weight is 571 g/mol. The minimum absolute atomic E-state index is 0. The van der Waals surface area contributed by atoms with Gasteiger partial charge in [-0.15, -0.1) is 24.0 Å². The van der Waals surface area contributed by atoms with Gasteiger partial charge in [-0.05, 0) is 50.3 Å². The van der Waals surface area contributed by atoms with Crippen molar-refractivity contribution in [3.8, 4) is 5.75 Å². The van der Waals surface area contributed by atoms with Gasteiger partial charge in [0.05, 0.1) is 18.8 Å². The third-order valence-corrected chi connectivity index (χ3v) is 6.46. The fourth-order valence-electron chi connectivity index (χ4n) is 4.36. The van der Waals surface area contributed by atoms with Gasteiger partial charge in [0.15, 0.2) is 11.7 Å². The van der Waals surface area contributed by atoms with Crippen molar-refractivity contribution in [2.24, 2.45) is 4.99 Å². The van der Waals surface area contributed by atoms with Crippen LogP contribution in [-0.2, 0) is 16.7 Å². The standard InChI is InChI=1S/C25H38N4O3.HI/c1-5-19(6-2)23-16-22(32-29-23)17-27-24(26-4)28-18-25(12-14-30-15-13-25)20-8-10-21(11-9-20)31-7-3;/h8-11,16,19H,5-7,12-15,17-18H2,1-4H3,(H2,26,27,28);1H. The molecule has 0 atom stereocenters. The second kappa shape index (κ2) is 13.8. The second-order valence-corrected chi connectivity index (χ2v) is 8.36. The maximum absolute atomic E-state index is 5.67. The molecule has 0 saturated carbocycles. The van der Waals surface area contributed by atoms with Gasteiger partial charge >= 0.3 is 0 Å². The Morgan fingerprint density at radius 2 is 1.82 bits per heavy atom. The Hall–Kier alpha value is -1.81. The van der Waals surface area contributed by atoms with E-state index in [0.29, 0.717) is 19.1 Å². The lowest BCUT2D eigenvalue weighted by atomic mass is 9.74. The van der Waals surface area contributed by atoms with E-state index in [-0.39, 0.29) is 29.4 Å². The first kappa shape index (κ1) is 27.4. The molecule has 33 heavy (non-hydrogen) atoms. The third-order valence-electron chi connectivity index (χ3n) is 6.46. The Labute approximate surface area is 215 Å². The zero-order valence-electron chi connectivity index (χ0n) is 20.4. The van der Waals surface area contributed by atoms with Gasteiger partial charge in [0.1, 0.15) is 5.75 Å². The molecule has 2 N–H and O–H groups in total. The number of aromatic nitrogens is 1. The van der Waals surface area contributed by atoms with Gasteiger partial charge in [-0.2, -0.15) is 0 Å². The molecular formula is C25H39IN4O3. The molecule has 0 aliphatic carbocycles. The van der Waals surface area contributed by atoms with Crippen molar-refractivity contribution in [1.82, 2.24) is 15.8 Å². The summed E-state index contributed by atoms with van der Waals surface area (Å²) in [4.78, 5) is 4.41. The number of nitrogens with one attached hydrogen (secondary N) is 2. The van der Waals surface area contributed by atoms with Crippen LogP contribution in [0.25, 0.3) is 0 Å². The highest BCUT2D eigenvalue weighted by molar-refractivity contribution is 14.0. The van der Waals surface area contributed by atoms with Gasteiger partial charge in [0.2, 0.25) is 0 Å². The Bertz CT molecular complexity index is 844. The molecule has 2 heterocycles. The number of hydrogen-bond acceptors (Lipinski definition) is 5. The summed E-state index contributed by atoms with van der Waals surface area (Å²) in [6.07, 6.45) is 4.06. The van der Waals surface area contributed by atoms with E-state index in [0.717, 1.165) is 68.6 Å². The van der Waals surface area contributed by atoms with Gasteiger partial charge in [0.25, 0.3) is 0 Å². The van der Waals surface area contributed by atoms with Crippen LogP contribution in [0.2, 0.25) is 0 Å². The van der Waals surface area contributed by atoms with Crippen LogP contribution in [0.5, 0.6) is 5.75 Å². The van der Waals surface area contributed by atoms with Gasteiger partial charge in [-0.3, -0.25) is 4.99 Å². The summed E-state index contributed by atoms with van der Waals surface area (Å²) >= 11 is 0. The average Bonchev–Trinajstić information content (AvgIpc) is 3.30. The lowest BCUT2D eigenvalue weighted by Gasteiger charge is -2.38. The molecule has 0 spiro atoms. The van der Waals surface area contributed by atoms with Crippen LogP contribution >= 0.6 is 24.0 Å². The maximum atomic E-state index is 5.67. The minimum atomic E-state index is -0.00447. The number of benzene rings is 1. The van der Waals surface area contributed by atoms with Gasteiger partial charge in [-0.1, -0.05) is 31.1 Å². The Kier molecular flexibility index (Phi) is 11.5. The zero-order chi connectivity index (χ0) is 22.8. The van der Waals surface area contributed by atoms with Crippen LogP contribution in [0.3, 0.4) is 0 Å². The molecule has 0 unspecified atom stereocenters. The number of guanidine groups is 1. The van der Waals surface area contributed by atoms with Gasteiger partial charge < -0.3 is 24.6 Å². The molecular weight excluding hydrogens is 531 g/mol. The molecule has 184 valence electrons. The second-order valence-electron chi connectivity index (χ2n) is 8.36. The van der Waals surface area contributed by atoms with E-state index in [1.165, 1.54) is 5.56 Å². The van der Waals surface area contributed by atoms with Crippen LogP contribution in [-0.4, -0.2) is 44.5 Å². The zero-order valence-corrected chi connectivity index (χ0v) is 22.7. The van der Waals surface area contributed by atoms with Crippen molar-refractivity contribution in [2.75, 3.05) is 33.4 Å². The van der Waals surface area contributed by atoms with E-state index >= 15 is 0 Å². The van der Waals surface area contributed by atoms with Crippen molar-refractivity contribution < 1.29 is 14.0 Å². The van der Waals surface area contributed by atoms with E-state index in [4.69, 9.17) is 14.0 Å². The molecule has 3 rings (SSSR count). The summed E-state index contributed by atoms with van der Waals surface area (Å²) < 4.78 is 16.8. The molecule has 1 aliphatic rings. The van der Waals surface area contributed by atoms with Crippen LogP contribution in [0.15, 0.2) is 39.8 Å². The molecule has 1 aliphatic heterocycles. The Morgan fingerprint density at radius 3 is 2.42 bits per heavy atom. The smallest absolute Gasteiger partial charge is 0.191 e. The predicted molar refractivity (Wildman–Crippen MR) is 143 cm³/mol. The van der Waals surface area contributed by atoms with Crippen molar-refractivity contribution >= 4 is 29.9 Å². The molecule has 1 fully saturated rings. The lowest BCUT2D eigenvalue weighted by molar-refractivity contribution is 0.0513. The largest absolute Gasteiger partial charge is 0.494 e. The number of ether oxygens (including phenoxy) is 2. The SMILES string of the molecule is CCOc1ccc(C2(CNC(=NC)NCc3cc(C(CC)CC)no3)CCOCC2)cc1.I. The van der Waals surface area contributed by atoms with Crippen LogP contribution in [0.1, 0.15) is 69.4 Å². The molecule has 1 aromatic heterocycles. The van der Waals surface area contributed by atoms with Crippen molar-refractivity contribution in [3.63, 3.8) is 0 Å². The number of nitrogens with zero attached hydrogens (tertiary/aromatic N) is 2. The summed E-state index contributed by atoms with van der Waals surface area (Å²) in [6.45, 7) is 9.89. The van der Waals surface area contributed by atoms with E-state index < -0.39 is 0 Å². The highest BCUT2D eigenvalue weighted by Crippen LogP contribution is 2.35. The summed E-state index contributed by atoms with van der Waals surface area (Å²) in [5, 5.41) is 11.1. The molecule has 0 bridgehead atoms. The lowest BCUT2D eigenvalue weighted by Crippen LogP contribution is -2.47. The summed E-state index contributed by atoms with van der Waals surface area (Å²) in [7, 11) is 1.79. The maximum Gasteiger partial charge on any atom is 0.191 e. The first-order chi connectivity index (χ1) is 15.6. The molecule has 8 heteroatoms. The fourth-order valence-corrected chi connectivity index (χ4v) is 4.36. The number of rotatable bonds is 10. The quantitative estimate of drug-likeness (QED) is 0.238. The first-order valence-electron chi connectivity index (χ1n) is 11.8. The summed E-state index contributed by atoms with van der Waals surface area (Å²) in [5.74, 6) is 2.93. The minimum Gasteiger partial charge on any atom is -0.494 e. The predicted octanol–water partition coefficient (Wildman–Crippen LogP) is 5.01. The highest BCUT2D eigenvalue weighted by atomic mass is 127. The highest BCUT2D eigenvalue weighted by Gasteiger charge is 2.34. The van der Waals surface area contributed by atoms with E-state index in [9.17, 15) is 0 Å². The fraction of sp³-hybridized carbons (Fsp3) is 0.600. The van der Waals surface area contributed by atoms with Gasteiger partial charge in [0, 0.05) is 44.2 Å². The van der Waals surface area contributed by atoms with Crippen LogP contribution in [0, 0.1) is 0 Å². The van der Waals surface area contributed by atoms with Crippen molar-refractivity contribution in [2.45, 2.75) is 64.3 Å². The third kappa shape index (κ3) is 7.34. The summed E-state index contributed by atoms with van der Waals surface area (Å²) in [5.41, 5.74) is 2.33. The molecule has 1 aromatic carbocycles. The van der Waals surface area contributed by atoms with E-state index in [2.05, 4.69) is 65.0 Å². The molecule has 0 amide bonds. The van der Waals surface area contributed by atoms with Gasteiger partial charge in [-0.25, -0.2) is 0 Å². The van der Waals surface area contributed by atoms with E-state index in [1.54, 1.807) is 7.05 Å². The normalized spacial score (nSPS) is 15.7. The van der Waals surface area contributed by atoms with Crippen LogP contribution in [0.4, 0.5) is 0 Å². The topological polar surface area (TPSA) is 80.9 Å². The number of aliphatic imine (C=N–C) groups is 1. The van der Waals surface area contributed by atoms with Crippen LogP contribution < -0.4 is 15.4 Å². The molecule has 2 aromatic rings. The van der Waals surface area contributed by atoms with E-state index in [1.807, 2.05) is 6.92 Å². The van der Waals surface area contributed by atoms with Crippen molar-refractivity contribution in [3.05, 3.63) is 47.3 Å². The Morgan fingerprint density at radius 1 is 1.12 bits per heavy atom. The Balaban J connectivity index is 0.00000385. The summed E-state index contributed by atoms with van der Waals surface area (Å²) in [6, 6.07) is 10.5. The molecule has 1 saturated heterocycles. The number of halogens is 1.